The largest absolute Gasteiger partial charge is 0.495 e. The number of amides is 2. The molecule has 0 aliphatic carbocycles. The van der Waals surface area contributed by atoms with Crippen molar-refractivity contribution in [1.29, 1.82) is 0 Å². The summed E-state index contributed by atoms with van der Waals surface area (Å²) in [7, 11) is 1.51. The van der Waals surface area contributed by atoms with Crippen LogP contribution in [0.4, 0.5) is 11.4 Å². The third kappa shape index (κ3) is 5.24. The summed E-state index contributed by atoms with van der Waals surface area (Å²) in [5.41, 5.74) is 2.23. The smallest absolute Gasteiger partial charge is 0.261 e. The molecule has 0 fully saturated rings. The van der Waals surface area contributed by atoms with Crippen molar-refractivity contribution >= 4 is 67.2 Å². The number of methoxy groups -OCH3 is 1. The fraction of sp³-hybridized carbons (Fsp3) is 0.0385. The highest BCUT2D eigenvalue weighted by Crippen LogP contribution is 2.36. The molecule has 6 nitrogen and oxygen atoms in total. The van der Waals surface area contributed by atoms with Crippen LogP contribution in [0.3, 0.4) is 0 Å². The van der Waals surface area contributed by atoms with Crippen LogP contribution < -0.4 is 20.7 Å². The van der Waals surface area contributed by atoms with Gasteiger partial charge in [-0.3, -0.25) is 14.9 Å². The van der Waals surface area contributed by atoms with E-state index in [0.29, 0.717) is 32.7 Å². The molecule has 0 spiro atoms. The van der Waals surface area contributed by atoms with Gasteiger partial charge in [-0.1, -0.05) is 42.5 Å². The fourth-order valence-electron chi connectivity index (χ4n) is 3.42. The molecule has 4 rings (SSSR count). The highest BCUT2D eigenvalue weighted by atomic mass is 79.9. The highest BCUT2D eigenvalue weighted by Gasteiger charge is 2.19. The van der Waals surface area contributed by atoms with Gasteiger partial charge in [-0.05, 0) is 81.4 Å². The van der Waals surface area contributed by atoms with Crippen molar-refractivity contribution in [2.45, 2.75) is 0 Å². The number of carbonyl (C=O) groups is 2. The van der Waals surface area contributed by atoms with Gasteiger partial charge in [-0.15, -0.1) is 0 Å². The maximum absolute atomic E-state index is 12.9. The number of nitrogens with one attached hydrogen (secondary N) is 3. The molecule has 2 amide bonds. The predicted octanol–water partition coefficient (Wildman–Crippen LogP) is 5.99. The van der Waals surface area contributed by atoms with Gasteiger partial charge in [0.25, 0.3) is 11.8 Å². The average molecular weight is 534 g/mol. The minimum Gasteiger partial charge on any atom is -0.495 e. The third-order valence-corrected chi connectivity index (χ3v) is 6.04. The van der Waals surface area contributed by atoms with Crippen LogP contribution in [0.25, 0.3) is 10.8 Å². The Bertz CT molecular complexity index is 1380. The maximum Gasteiger partial charge on any atom is 0.261 e. The van der Waals surface area contributed by atoms with Crippen molar-refractivity contribution in [3.8, 4) is 5.75 Å². The van der Waals surface area contributed by atoms with Crippen LogP contribution in [-0.2, 0) is 0 Å². The molecule has 0 unspecified atom stereocenters. The first-order chi connectivity index (χ1) is 16.5. The van der Waals surface area contributed by atoms with Gasteiger partial charge in [0.15, 0.2) is 5.11 Å². The Morgan fingerprint density at radius 1 is 0.824 bits per heavy atom. The lowest BCUT2D eigenvalue weighted by molar-refractivity contribution is 0.0973. The van der Waals surface area contributed by atoms with Crippen LogP contribution in [0.1, 0.15) is 20.7 Å². The number of hydrogen-bond donors (Lipinski definition) is 3. The summed E-state index contributed by atoms with van der Waals surface area (Å²) in [5.74, 6) is -0.162. The fourth-order valence-corrected chi connectivity index (χ4v) is 4.36. The van der Waals surface area contributed by atoms with Crippen molar-refractivity contribution in [3.05, 3.63) is 101 Å². The van der Waals surface area contributed by atoms with Crippen molar-refractivity contribution in [2.75, 3.05) is 17.7 Å². The molecular formula is C26H20BrN3O3S. The SMILES string of the molecule is COc1c(C(=O)NC(=S)Nc2ccc(NC(=O)c3ccccc3)cc2)cc2ccccc2c1Br. The molecular weight excluding hydrogens is 514 g/mol. The molecule has 4 aromatic carbocycles. The van der Waals surface area contributed by atoms with E-state index < -0.39 is 5.91 Å². The van der Waals surface area contributed by atoms with Crippen LogP contribution in [0, 0.1) is 0 Å². The zero-order valence-corrected chi connectivity index (χ0v) is 20.5. The van der Waals surface area contributed by atoms with E-state index in [1.165, 1.54) is 7.11 Å². The number of carbonyl (C=O) groups excluding carboxylic acids is 2. The Morgan fingerprint density at radius 2 is 1.44 bits per heavy atom. The van der Waals surface area contributed by atoms with Crippen LogP contribution in [-0.4, -0.2) is 24.0 Å². The molecule has 0 radical (unpaired) electrons. The monoisotopic (exact) mass is 533 g/mol. The van der Waals surface area contributed by atoms with Gasteiger partial charge in [0.1, 0.15) is 5.75 Å². The zero-order chi connectivity index (χ0) is 24.1. The Kier molecular flexibility index (Phi) is 7.20. The molecule has 0 atom stereocenters. The molecule has 0 bridgehead atoms. The van der Waals surface area contributed by atoms with E-state index in [1.807, 2.05) is 42.5 Å². The molecule has 0 saturated carbocycles. The van der Waals surface area contributed by atoms with Gasteiger partial charge < -0.3 is 15.4 Å². The van der Waals surface area contributed by atoms with Crippen LogP contribution in [0.15, 0.2) is 89.4 Å². The first-order valence-electron chi connectivity index (χ1n) is 10.3. The maximum atomic E-state index is 12.9. The molecule has 3 N–H and O–H groups in total. The second kappa shape index (κ2) is 10.5. The summed E-state index contributed by atoms with van der Waals surface area (Å²) in [4.78, 5) is 25.2. The van der Waals surface area contributed by atoms with Gasteiger partial charge in [0.05, 0.1) is 17.1 Å². The van der Waals surface area contributed by atoms with E-state index in [1.54, 1.807) is 42.5 Å². The number of thiocarbonyl (C=S) groups is 1. The number of ether oxygens (including phenoxy) is 1. The van der Waals surface area contributed by atoms with E-state index in [-0.39, 0.29) is 11.0 Å². The second-order valence-electron chi connectivity index (χ2n) is 7.30. The van der Waals surface area contributed by atoms with Crippen molar-refractivity contribution in [3.63, 3.8) is 0 Å². The number of benzene rings is 4. The standard InChI is InChI=1S/C26H20BrN3O3S/c1-33-23-21(15-17-9-5-6-10-20(17)22(23)27)25(32)30-26(34)29-19-13-11-18(12-14-19)28-24(31)16-7-3-2-4-8-16/h2-15H,1H3,(H,28,31)(H2,29,30,32,34). The molecule has 170 valence electrons. The molecule has 34 heavy (non-hydrogen) atoms. The number of fused-ring (bicyclic) bond motifs is 1. The minimum atomic E-state index is -0.396. The summed E-state index contributed by atoms with van der Waals surface area (Å²) in [6.45, 7) is 0. The molecule has 4 aromatic rings. The summed E-state index contributed by atoms with van der Waals surface area (Å²) < 4.78 is 6.18. The summed E-state index contributed by atoms with van der Waals surface area (Å²) in [5, 5.41) is 10.5. The third-order valence-electron chi connectivity index (χ3n) is 5.05. The van der Waals surface area contributed by atoms with Gasteiger partial charge in [0.2, 0.25) is 0 Å². The lowest BCUT2D eigenvalue weighted by Gasteiger charge is -2.15. The van der Waals surface area contributed by atoms with Crippen molar-refractivity contribution in [2.24, 2.45) is 0 Å². The van der Waals surface area contributed by atoms with E-state index in [4.69, 9.17) is 17.0 Å². The quantitative estimate of drug-likeness (QED) is 0.274. The van der Waals surface area contributed by atoms with Crippen molar-refractivity contribution in [1.82, 2.24) is 5.32 Å². The number of anilines is 2. The highest BCUT2D eigenvalue weighted by molar-refractivity contribution is 9.10. The van der Waals surface area contributed by atoms with Crippen LogP contribution >= 0.6 is 28.1 Å². The topological polar surface area (TPSA) is 79.5 Å². The Hall–Kier alpha value is -3.75. The van der Waals surface area contributed by atoms with E-state index >= 15 is 0 Å². The summed E-state index contributed by atoms with van der Waals surface area (Å²) in [6.07, 6.45) is 0. The molecule has 0 aliphatic heterocycles. The van der Waals surface area contributed by atoms with Gasteiger partial charge >= 0.3 is 0 Å². The molecule has 0 saturated heterocycles. The van der Waals surface area contributed by atoms with Crippen LogP contribution in [0.2, 0.25) is 0 Å². The second-order valence-corrected chi connectivity index (χ2v) is 8.50. The summed E-state index contributed by atoms with van der Waals surface area (Å²) in [6, 6.07) is 25.4. The Balaban J connectivity index is 1.42. The number of hydrogen-bond acceptors (Lipinski definition) is 4. The van der Waals surface area contributed by atoms with Crippen LogP contribution in [0.5, 0.6) is 5.75 Å². The Labute approximate surface area is 210 Å². The molecule has 0 aliphatic rings. The molecule has 0 aromatic heterocycles. The van der Waals surface area contributed by atoms with E-state index in [2.05, 4.69) is 31.9 Å². The van der Waals surface area contributed by atoms with Crippen molar-refractivity contribution < 1.29 is 14.3 Å². The molecule has 8 heteroatoms. The lowest BCUT2D eigenvalue weighted by Crippen LogP contribution is -2.34. The van der Waals surface area contributed by atoms with E-state index in [9.17, 15) is 9.59 Å². The number of halogens is 1. The minimum absolute atomic E-state index is 0.136. The average Bonchev–Trinajstić information content (AvgIpc) is 2.85. The predicted molar refractivity (Wildman–Crippen MR) is 143 cm³/mol. The van der Waals surface area contributed by atoms with Gasteiger partial charge in [0, 0.05) is 16.9 Å². The Morgan fingerprint density at radius 3 is 2.12 bits per heavy atom. The zero-order valence-electron chi connectivity index (χ0n) is 18.1. The lowest BCUT2D eigenvalue weighted by atomic mass is 10.1. The number of rotatable bonds is 5. The van der Waals surface area contributed by atoms with Gasteiger partial charge in [-0.2, -0.15) is 0 Å². The first kappa shape index (κ1) is 23.4. The van der Waals surface area contributed by atoms with Gasteiger partial charge in [-0.25, -0.2) is 0 Å². The van der Waals surface area contributed by atoms with E-state index in [0.717, 1.165) is 10.8 Å². The molecule has 0 heterocycles. The summed E-state index contributed by atoms with van der Waals surface area (Å²) >= 11 is 8.86. The normalized spacial score (nSPS) is 10.4. The first-order valence-corrected chi connectivity index (χ1v) is 11.5.